The molecule has 3 rings (SSSR count). The third-order valence-corrected chi connectivity index (χ3v) is 4.12. The summed E-state index contributed by atoms with van der Waals surface area (Å²) in [4.78, 5) is 23.2. The molecule has 1 amide bonds. The average molecular weight is 302 g/mol. The lowest BCUT2D eigenvalue weighted by Crippen LogP contribution is -2.45. The van der Waals surface area contributed by atoms with E-state index in [4.69, 9.17) is 5.73 Å². The number of hydrogen-bond donors (Lipinski definition) is 1. The summed E-state index contributed by atoms with van der Waals surface area (Å²) in [6.45, 7) is 4.78. The predicted molar refractivity (Wildman–Crippen MR) is 82.1 cm³/mol. The Hall–Kier alpha value is -2.08. The largest absolute Gasteiger partial charge is 0.337 e. The molecule has 2 N–H and O–H groups in total. The maximum absolute atomic E-state index is 13.9. The number of carbonyl (C=O) groups excluding carboxylic acids is 1. The zero-order valence-electron chi connectivity index (χ0n) is 12.8. The maximum Gasteiger partial charge on any atom is 0.256 e. The summed E-state index contributed by atoms with van der Waals surface area (Å²) in [7, 11) is 0. The number of nitrogens with two attached hydrogens (primary N) is 1. The topological polar surface area (TPSA) is 72.1 Å². The van der Waals surface area contributed by atoms with Crippen LogP contribution in [0.5, 0.6) is 0 Å². The first-order chi connectivity index (χ1) is 10.5. The molecule has 1 aromatic heterocycles. The molecule has 116 valence electrons. The van der Waals surface area contributed by atoms with Gasteiger partial charge in [-0.05, 0) is 32.8 Å². The standard InChI is InChI=1S/C16H19FN4O/c1-9-10(2)20-15-13(6-11(17)7-14(15)19-9)16(22)21-5-3-4-12(18)8-21/h6-7,12H,3-5,8,18H2,1-2H3. The Morgan fingerprint density at radius 2 is 2.05 bits per heavy atom. The molecule has 1 atom stereocenters. The van der Waals surface area contributed by atoms with Crippen molar-refractivity contribution >= 4 is 16.9 Å². The molecule has 0 bridgehead atoms. The molecule has 1 unspecified atom stereocenters. The highest BCUT2D eigenvalue weighted by atomic mass is 19.1. The first-order valence-corrected chi connectivity index (χ1v) is 7.45. The van der Waals surface area contributed by atoms with E-state index >= 15 is 0 Å². The molecule has 0 aliphatic carbocycles. The highest BCUT2D eigenvalue weighted by Gasteiger charge is 2.25. The van der Waals surface area contributed by atoms with E-state index in [0.29, 0.717) is 24.1 Å². The zero-order chi connectivity index (χ0) is 15.9. The molecule has 0 saturated carbocycles. The lowest BCUT2D eigenvalue weighted by Gasteiger charge is -2.31. The maximum atomic E-state index is 13.9. The molecule has 2 aromatic rings. The van der Waals surface area contributed by atoms with Gasteiger partial charge in [0.15, 0.2) is 0 Å². The van der Waals surface area contributed by atoms with Crippen LogP contribution in [-0.2, 0) is 0 Å². The first-order valence-electron chi connectivity index (χ1n) is 7.45. The molecule has 22 heavy (non-hydrogen) atoms. The minimum atomic E-state index is -0.477. The third-order valence-electron chi connectivity index (χ3n) is 4.12. The third kappa shape index (κ3) is 2.66. The number of piperidine rings is 1. The number of carbonyl (C=O) groups is 1. The molecular formula is C16H19FN4O. The van der Waals surface area contributed by atoms with Crippen LogP contribution in [0.25, 0.3) is 11.0 Å². The van der Waals surface area contributed by atoms with Gasteiger partial charge in [0.05, 0.1) is 22.5 Å². The summed E-state index contributed by atoms with van der Waals surface area (Å²) < 4.78 is 13.9. The molecule has 1 saturated heterocycles. The van der Waals surface area contributed by atoms with Gasteiger partial charge in [0.2, 0.25) is 0 Å². The van der Waals surface area contributed by atoms with Crippen LogP contribution < -0.4 is 5.73 Å². The van der Waals surface area contributed by atoms with Crippen LogP contribution in [0.3, 0.4) is 0 Å². The van der Waals surface area contributed by atoms with E-state index in [1.807, 2.05) is 13.8 Å². The van der Waals surface area contributed by atoms with E-state index < -0.39 is 5.82 Å². The second-order valence-electron chi connectivity index (χ2n) is 5.87. The molecular weight excluding hydrogens is 283 g/mol. The summed E-state index contributed by atoms with van der Waals surface area (Å²) in [6.07, 6.45) is 1.77. The summed E-state index contributed by atoms with van der Waals surface area (Å²) in [5, 5.41) is 0. The zero-order valence-corrected chi connectivity index (χ0v) is 12.8. The van der Waals surface area contributed by atoms with Gasteiger partial charge in [-0.25, -0.2) is 14.4 Å². The van der Waals surface area contributed by atoms with Gasteiger partial charge >= 0.3 is 0 Å². The summed E-state index contributed by atoms with van der Waals surface area (Å²) >= 11 is 0. The number of likely N-dealkylation sites (tertiary alicyclic amines) is 1. The van der Waals surface area contributed by atoms with Crippen LogP contribution in [0, 0.1) is 19.7 Å². The fourth-order valence-electron chi connectivity index (χ4n) is 2.83. The minimum absolute atomic E-state index is 0.0208. The number of halogens is 1. The smallest absolute Gasteiger partial charge is 0.256 e. The van der Waals surface area contributed by atoms with Gasteiger partial charge in [0, 0.05) is 25.2 Å². The molecule has 6 heteroatoms. The molecule has 5 nitrogen and oxygen atoms in total. The van der Waals surface area contributed by atoms with E-state index in [-0.39, 0.29) is 17.5 Å². The molecule has 2 heterocycles. The second-order valence-corrected chi connectivity index (χ2v) is 5.87. The van der Waals surface area contributed by atoms with Crippen molar-refractivity contribution in [2.24, 2.45) is 5.73 Å². The number of aryl methyl sites for hydroxylation is 2. The van der Waals surface area contributed by atoms with E-state index in [9.17, 15) is 9.18 Å². The Kier molecular flexibility index (Phi) is 3.78. The fourth-order valence-corrected chi connectivity index (χ4v) is 2.83. The lowest BCUT2D eigenvalue weighted by molar-refractivity contribution is 0.0710. The van der Waals surface area contributed by atoms with Crippen LogP contribution in [0.1, 0.15) is 34.6 Å². The number of benzene rings is 1. The molecule has 1 aliphatic heterocycles. The number of rotatable bonds is 1. The van der Waals surface area contributed by atoms with E-state index in [1.165, 1.54) is 12.1 Å². The Morgan fingerprint density at radius 1 is 1.32 bits per heavy atom. The number of amides is 1. The molecule has 0 spiro atoms. The van der Waals surface area contributed by atoms with Crippen LogP contribution in [0.15, 0.2) is 12.1 Å². The quantitative estimate of drug-likeness (QED) is 0.874. The van der Waals surface area contributed by atoms with Gasteiger partial charge in [-0.2, -0.15) is 0 Å². The van der Waals surface area contributed by atoms with E-state index in [0.717, 1.165) is 24.2 Å². The predicted octanol–water partition coefficient (Wildman–Crippen LogP) is 1.95. The van der Waals surface area contributed by atoms with Gasteiger partial charge in [0.25, 0.3) is 5.91 Å². The van der Waals surface area contributed by atoms with Crippen LogP contribution in [0.2, 0.25) is 0 Å². The van der Waals surface area contributed by atoms with Gasteiger partial charge in [-0.15, -0.1) is 0 Å². The number of aromatic nitrogens is 2. The summed E-state index contributed by atoms with van der Waals surface area (Å²) in [5.41, 5.74) is 8.53. The number of hydrogen-bond acceptors (Lipinski definition) is 4. The normalized spacial score (nSPS) is 18.7. The Bertz CT molecular complexity index is 746. The molecule has 0 radical (unpaired) electrons. The van der Waals surface area contributed by atoms with Crippen molar-refractivity contribution in [3.05, 3.63) is 34.9 Å². The SMILES string of the molecule is Cc1nc2cc(F)cc(C(=O)N3CCCC(N)C3)c2nc1C. The Morgan fingerprint density at radius 3 is 2.77 bits per heavy atom. The summed E-state index contributed by atoms with van der Waals surface area (Å²) in [5.74, 6) is -0.702. The highest BCUT2D eigenvalue weighted by molar-refractivity contribution is 6.04. The van der Waals surface area contributed by atoms with E-state index in [2.05, 4.69) is 9.97 Å². The van der Waals surface area contributed by atoms with Gasteiger partial charge in [-0.3, -0.25) is 4.79 Å². The number of fused-ring (bicyclic) bond motifs is 1. The van der Waals surface area contributed by atoms with Gasteiger partial charge in [0.1, 0.15) is 11.3 Å². The molecule has 1 aliphatic rings. The van der Waals surface area contributed by atoms with Crippen LogP contribution in [-0.4, -0.2) is 39.9 Å². The summed E-state index contributed by atoms with van der Waals surface area (Å²) in [6, 6.07) is 2.54. The van der Waals surface area contributed by atoms with Crippen molar-refractivity contribution in [1.82, 2.24) is 14.9 Å². The second kappa shape index (κ2) is 5.61. The van der Waals surface area contributed by atoms with Gasteiger partial charge in [-0.1, -0.05) is 0 Å². The van der Waals surface area contributed by atoms with E-state index in [1.54, 1.807) is 4.90 Å². The first kappa shape index (κ1) is 14.8. The van der Waals surface area contributed by atoms with Crippen LogP contribution in [0.4, 0.5) is 4.39 Å². The molecule has 1 aromatic carbocycles. The minimum Gasteiger partial charge on any atom is -0.337 e. The van der Waals surface area contributed by atoms with Crippen molar-refractivity contribution in [2.45, 2.75) is 32.7 Å². The van der Waals surface area contributed by atoms with Crippen molar-refractivity contribution in [1.29, 1.82) is 0 Å². The number of nitrogens with zero attached hydrogens (tertiary/aromatic N) is 3. The van der Waals surface area contributed by atoms with Crippen molar-refractivity contribution in [2.75, 3.05) is 13.1 Å². The average Bonchev–Trinajstić information content (AvgIpc) is 2.47. The Labute approximate surface area is 128 Å². The Balaban J connectivity index is 2.09. The van der Waals surface area contributed by atoms with Crippen molar-refractivity contribution in [3.63, 3.8) is 0 Å². The van der Waals surface area contributed by atoms with Crippen molar-refractivity contribution < 1.29 is 9.18 Å². The fraction of sp³-hybridized carbons (Fsp3) is 0.438. The highest BCUT2D eigenvalue weighted by Crippen LogP contribution is 2.22. The van der Waals surface area contributed by atoms with Crippen molar-refractivity contribution in [3.8, 4) is 0 Å². The molecule has 1 fully saturated rings. The monoisotopic (exact) mass is 302 g/mol. The lowest BCUT2D eigenvalue weighted by atomic mass is 10.0. The van der Waals surface area contributed by atoms with Crippen LogP contribution >= 0.6 is 0 Å². The van der Waals surface area contributed by atoms with Gasteiger partial charge < -0.3 is 10.6 Å².